The van der Waals surface area contributed by atoms with Crippen LogP contribution >= 0.6 is 0 Å². The Morgan fingerprint density at radius 1 is 0.577 bits per heavy atom. The number of hydrogen-bond donors (Lipinski definition) is 1. The predicted molar refractivity (Wildman–Crippen MR) is 116 cm³/mol. The largest absolute Gasteiger partial charge is 0.481 e. The smallest absolute Gasteiger partial charge is 0.303 e. The summed E-state index contributed by atoms with van der Waals surface area (Å²) in [4.78, 5) is 10.3. The summed E-state index contributed by atoms with van der Waals surface area (Å²) in [5.74, 6) is 5.52. The highest BCUT2D eigenvalue weighted by atomic mass is 16.4. The number of hydrogen-bond acceptors (Lipinski definition) is 1. The monoisotopic (exact) mass is 366 g/mol. The average molecular weight is 367 g/mol. The zero-order valence-corrected chi connectivity index (χ0v) is 18.1. The molecule has 0 aromatic rings. The molecule has 0 saturated heterocycles. The summed E-state index contributed by atoms with van der Waals surface area (Å²) in [6.45, 7) is 6.57. The van der Waals surface area contributed by atoms with E-state index in [1.54, 1.807) is 0 Å². The summed E-state index contributed by atoms with van der Waals surface area (Å²) >= 11 is 0. The molecule has 0 aromatic heterocycles. The van der Waals surface area contributed by atoms with Gasteiger partial charge in [0, 0.05) is 19.3 Å². The summed E-state index contributed by atoms with van der Waals surface area (Å²) in [7, 11) is 0. The molecule has 0 fully saturated rings. The van der Waals surface area contributed by atoms with Crippen molar-refractivity contribution in [3.8, 4) is 11.8 Å². The average Bonchev–Trinajstić information content (AvgIpc) is 2.63. The van der Waals surface area contributed by atoms with Crippen LogP contribution in [0.3, 0.4) is 0 Å². The van der Waals surface area contributed by atoms with Gasteiger partial charge < -0.3 is 5.11 Å². The molecule has 0 radical (unpaired) electrons. The molecule has 0 heterocycles. The molecule has 0 spiro atoms. The molecule has 0 atom stereocenters. The van der Waals surface area contributed by atoms with Crippen molar-refractivity contribution in [2.45, 2.75) is 136 Å². The van der Waals surface area contributed by atoms with E-state index >= 15 is 0 Å². The minimum atomic E-state index is -0.655. The van der Waals surface area contributed by atoms with Gasteiger partial charge in [-0.1, -0.05) is 97.8 Å². The molecular formula is C24H46O2. The van der Waals surface area contributed by atoms with Crippen LogP contribution < -0.4 is 0 Å². The Balaban J connectivity index is 0. The van der Waals surface area contributed by atoms with Crippen molar-refractivity contribution in [2.75, 3.05) is 0 Å². The van der Waals surface area contributed by atoms with Crippen LogP contribution in [0.2, 0.25) is 0 Å². The topological polar surface area (TPSA) is 37.3 Å². The molecule has 0 unspecified atom stereocenters. The maximum atomic E-state index is 10.3. The van der Waals surface area contributed by atoms with Crippen LogP contribution in [-0.2, 0) is 4.79 Å². The highest BCUT2D eigenvalue weighted by Gasteiger charge is 1.96. The summed E-state index contributed by atoms with van der Waals surface area (Å²) in [6, 6.07) is 0. The van der Waals surface area contributed by atoms with E-state index in [1.807, 2.05) is 0 Å². The highest BCUT2D eigenvalue weighted by molar-refractivity contribution is 5.66. The zero-order valence-electron chi connectivity index (χ0n) is 18.1. The standard InChI is InChI=1S/C16H32O2.C8H14/c1-2-3-4-5-6-7-8-9-10-11-12-13-14-15-16(17)18;1-3-5-7-8-6-4-2/h2-15H2,1H3,(H,17,18);3-6H2,1-2H3. The summed E-state index contributed by atoms with van der Waals surface area (Å²) < 4.78 is 0. The molecule has 0 aliphatic heterocycles. The van der Waals surface area contributed by atoms with Gasteiger partial charge >= 0.3 is 5.97 Å². The summed E-state index contributed by atoms with van der Waals surface area (Å²) in [6.07, 6.45) is 21.8. The second-order valence-electron chi connectivity index (χ2n) is 7.24. The fourth-order valence-corrected chi connectivity index (χ4v) is 2.72. The van der Waals surface area contributed by atoms with Crippen molar-refractivity contribution in [2.24, 2.45) is 0 Å². The van der Waals surface area contributed by atoms with Crippen molar-refractivity contribution >= 4 is 5.97 Å². The van der Waals surface area contributed by atoms with Gasteiger partial charge in [-0.3, -0.25) is 4.79 Å². The molecule has 154 valence electrons. The first kappa shape index (κ1) is 27.3. The first-order valence-corrected chi connectivity index (χ1v) is 11.4. The maximum absolute atomic E-state index is 10.3. The van der Waals surface area contributed by atoms with Crippen molar-refractivity contribution < 1.29 is 9.90 Å². The number of rotatable bonds is 16. The van der Waals surface area contributed by atoms with E-state index in [0.717, 1.165) is 25.7 Å². The second-order valence-corrected chi connectivity index (χ2v) is 7.24. The van der Waals surface area contributed by atoms with Gasteiger partial charge in [-0.15, -0.1) is 11.8 Å². The lowest BCUT2D eigenvalue weighted by atomic mass is 10.0. The Hall–Kier alpha value is -0.970. The van der Waals surface area contributed by atoms with E-state index in [2.05, 4.69) is 32.6 Å². The van der Waals surface area contributed by atoms with E-state index in [4.69, 9.17) is 5.11 Å². The Bertz CT molecular complexity index is 315. The molecule has 0 aliphatic rings. The molecule has 0 saturated carbocycles. The van der Waals surface area contributed by atoms with Crippen molar-refractivity contribution in [1.82, 2.24) is 0 Å². The fraction of sp³-hybridized carbons (Fsp3) is 0.875. The zero-order chi connectivity index (χ0) is 19.7. The molecule has 0 aliphatic carbocycles. The van der Waals surface area contributed by atoms with Gasteiger partial charge in [0.25, 0.3) is 0 Å². The van der Waals surface area contributed by atoms with Gasteiger partial charge in [-0.2, -0.15) is 0 Å². The third-order valence-electron chi connectivity index (χ3n) is 4.37. The maximum Gasteiger partial charge on any atom is 0.303 e. The van der Waals surface area contributed by atoms with Crippen LogP contribution in [0.25, 0.3) is 0 Å². The molecule has 0 aromatic carbocycles. The van der Waals surface area contributed by atoms with E-state index in [-0.39, 0.29) is 0 Å². The molecule has 2 heteroatoms. The van der Waals surface area contributed by atoms with Gasteiger partial charge in [0.2, 0.25) is 0 Å². The molecule has 0 bridgehead atoms. The lowest BCUT2D eigenvalue weighted by Gasteiger charge is -2.02. The molecule has 0 amide bonds. The third kappa shape index (κ3) is 30.9. The second kappa shape index (κ2) is 26.3. The highest BCUT2D eigenvalue weighted by Crippen LogP contribution is 2.12. The van der Waals surface area contributed by atoms with Crippen LogP contribution in [0.15, 0.2) is 0 Å². The quantitative estimate of drug-likeness (QED) is 0.221. The minimum Gasteiger partial charge on any atom is -0.481 e. The summed E-state index contributed by atoms with van der Waals surface area (Å²) in [5, 5.41) is 8.49. The first-order valence-electron chi connectivity index (χ1n) is 11.4. The molecule has 2 nitrogen and oxygen atoms in total. The Morgan fingerprint density at radius 2 is 0.923 bits per heavy atom. The number of carboxylic acids is 1. The SMILES string of the molecule is CCCC#CCCC.CCCCCCCCCCCCCCCC(=O)O. The minimum absolute atomic E-state index is 0.345. The number of carbonyl (C=O) groups is 1. The van der Waals surface area contributed by atoms with E-state index in [9.17, 15) is 4.79 Å². The van der Waals surface area contributed by atoms with Gasteiger partial charge in [0.15, 0.2) is 0 Å². The number of aliphatic carboxylic acids is 1. The van der Waals surface area contributed by atoms with Crippen LogP contribution in [-0.4, -0.2) is 11.1 Å². The first-order chi connectivity index (χ1) is 12.7. The predicted octanol–water partition coefficient (Wildman–Crippen LogP) is 8.14. The van der Waals surface area contributed by atoms with Crippen molar-refractivity contribution in [3.63, 3.8) is 0 Å². The van der Waals surface area contributed by atoms with E-state index in [0.29, 0.717) is 6.42 Å². The third-order valence-corrected chi connectivity index (χ3v) is 4.37. The van der Waals surface area contributed by atoms with Gasteiger partial charge in [0.1, 0.15) is 0 Å². The van der Waals surface area contributed by atoms with Crippen LogP contribution in [0.5, 0.6) is 0 Å². The van der Waals surface area contributed by atoms with Crippen LogP contribution in [0, 0.1) is 11.8 Å². The number of carboxylic acid groups (broad SMARTS) is 1. The van der Waals surface area contributed by atoms with Gasteiger partial charge in [-0.05, 0) is 19.3 Å². The molecular weight excluding hydrogens is 320 g/mol. The van der Waals surface area contributed by atoms with Crippen molar-refractivity contribution in [1.29, 1.82) is 0 Å². The number of unbranched alkanes of at least 4 members (excludes halogenated alkanes) is 14. The van der Waals surface area contributed by atoms with Gasteiger partial charge in [0.05, 0.1) is 0 Å². The van der Waals surface area contributed by atoms with Gasteiger partial charge in [-0.25, -0.2) is 0 Å². The molecule has 26 heavy (non-hydrogen) atoms. The normalized spacial score (nSPS) is 9.81. The fourth-order valence-electron chi connectivity index (χ4n) is 2.72. The van der Waals surface area contributed by atoms with E-state index < -0.39 is 5.97 Å². The summed E-state index contributed by atoms with van der Waals surface area (Å²) in [5.41, 5.74) is 0. The van der Waals surface area contributed by atoms with Crippen LogP contribution in [0.1, 0.15) is 136 Å². The molecule has 0 rings (SSSR count). The van der Waals surface area contributed by atoms with Crippen LogP contribution in [0.4, 0.5) is 0 Å². The lowest BCUT2D eigenvalue weighted by molar-refractivity contribution is -0.137. The molecule has 1 N–H and O–H groups in total. The van der Waals surface area contributed by atoms with Crippen molar-refractivity contribution in [3.05, 3.63) is 0 Å². The van der Waals surface area contributed by atoms with E-state index in [1.165, 1.54) is 83.5 Å². The Kier molecular flexibility index (Phi) is 27.5. The Labute approximate surface area is 164 Å². The lowest BCUT2D eigenvalue weighted by Crippen LogP contribution is -1.93. The Morgan fingerprint density at radius 3 is 1.23 bits per heavy atom.